The van der Waals surface area contributed by atoms with E-state index in [0.717, 1.165) is 35.8 Å². The molecule has 0 aromatic heterocycles. The maximum absolute atomic E-state index is 14.4. The van der Waals surface area contributed by atoms with E-state index in [2.05, 4.69) is 33.5 Å². The van der Waals surface area contributed by atoms with Gasteiger partial charge in [0, 0.05) is 19.5 Å². The van der Waals surface area contributed by atoms with Crippen LogP contribution in [0.3, 0.4) is 0 Å². The van der Waals surface area contributed by atoms with Crippen molar-refractivity contribution in [1.82, 2.24) is 31.5 Å². The number of phenolic OH excluding ortho intramolecular Hbond substituents is 1. The predicted octanol–water partition coefficient (Wildman–Crippen LogP) is 1.76. The Kier molecular flexibility index (Phi) is 22.5. The Morgan fingerprint density at radius 2 is 1.32 bits per heavy atom. The van der Waals surface area contributed by atoms with E-state index in [1.54, 1.807) is 50.3 Å². The van der Waals surface area contributed by atoms with Crippen molar-refractivity contribution in [1.29, 1.82) is 0 Å². The lowest BCUT2D eigenvalue weighted by atomic mass is 10.00. The number of aliphatic hydroxyl groups is 2. The Hall–Kier alpha value is -7.64. The molecule has 0 bridgehead atoms. The quantitative estimate of drug-likeness (QED) is 0.0515. The van der Waals surface area contributed by atoms with Crippen molar-refractivity contribution in [3.05, 3.63) is 119 Å². The number of likely N-dealkylation sites (N-methyl/N-ethyl adjacent to an activating group) is 1. The van der Waals surface area contributed by atoms with Gasteiger partial charge in [-0.1, -0.05) is 106 Å². The first-order valence-electron chi connectivity index (χ1n) is 22.3. The topological polar surface area (TPSA) is 307 Å². The van der Waals surface area contributed by atoms with Crippen molar-refractivity contribution in [3.63, 3.8) is 0 Å². The zero-order valence-corrected chi connectivity index (χ0v) is 39.3. The molecule has 7 amide bonds. The van der Waals surface area contributed by atoms with E-state index in [4.69, 9.17) is 5.73 Å². The first-order chi connectivity index (χ1) is 32.7. The van der Waals surface area contributed by atoms with Crippen LogP contribution in [0.5, 0.6) is 5.75 Å². The molecule has 0 spiro atoms. The Labute approximate surface area is 400 Å². The van der Waals surface area contributed by atoms with E-state index in [9.17, 15) is 58.8 Å². The van der Waals surface area contributed by atoms with Crippen molar-refractivity contribution in [2.45, 2.75) is 96.1 Å². The SMILES string of the molecule is CCCC=Cc1ccccc1C=CC(=O)NC(CO)C(=O)N(C)C(=Cc1ccc(O)cc1)C(=O)NC(CC(C)C)C(=O)NC(Cc1ccccc1)C(=O)NC(C(=O)NC(CC(N)=O)C(=O)O)C(C)O. The minimum Gasteiger partial charge on any atom is -0.508 e. The van der Waals surface area contributed by atoms with Gasteiger partial charge in [0.15, 0.2) is 0 Å². The van der Waals surface area contributed by atoms with Crippen LogP contribution < -0.4 is 32.3 Å². The monoisotopic (exact) mass is 953 g/mol. The highest BCUT2D eigenvalue weighted by Gasteiger charge is 2.35. The molecule has 370 valence electrons. The number of carboxylic acid groups (broad SMARTS) is 1. The second-order valence-corrected chi connectivity index (χ2v) is 16.6. The van der Waals surface area contributed by atoms with Gasteiger partial charge in [-0.05, 0) is 72.2 Å². The Morgan fingerprint density at radius 1 is 0.725 bits per heavy atom. The predicted molar refractivity (Wildman–Crippen MR) is 258 cm³/mol. The van der Waals surface area contributed by atoms with Crippen LogP contribution in [-0.4, -0.2) is 123 Å². The summed E-state index contributed by atoms with van der Waals surface area (Å²) in [6.45, 7) is 5.88. The summed E-state index contributed by atoms with van der Waals surface area (Å²) in [5, 5.41) is 52.5. The standard InChI is InChI=1S/C50H63N7O12/c1-6-7-9-16-34-17-12-13-18-35(34)21-24-43(62)52-40(29-58)49(67)57(5)41(27-33-19-22-36(60)23-20-33)47(65)54-37(25-30(2)3)45(63)53-38(26-32-14-10-8-11-15-32)46(64)56-44(31(4)59)48(66)55-39(50(68)69)28-42(51)61/h8-24,27,30-31,37-40,44,58-60H,6-7,25-26,28-29H2,1-5H3,(H2,51,61)(H,52,62)(H,53,63)(H,54,65)(H,55,66)(H,56,64)(H,68,69). The maximum atomic E-state index is 14.4. The largest absolute Gasteiger partial charge is 0.508 e. The summed E-state index contributed by atoms with van der Waals surface area (Å²) in [5.74, 6) is -8.58. The molecule has 3 aromatic rings. The van der Waals surface area contributed by atoms with Crippen LogP contribution in [0, 0.1) is 5.92 Å². The first kappa shape index (κ1) is 55.7. The van der Waals surface area contributed by atoms with Crippen LogP contribution in [0.15, 0.2) is 96.7 Å². The number of carboxylic acids is 1. The number of aromatic hydroxyl groups is 1. The zero-order chi connectivity index (χ0) is 51.2. The van der Waals surface area contributed by atoms with Gasteiger partial charge < -0.3 is 57.6 Å². The molecule has 69 heavy (non-hydrogen) atoms. The molecule has 3 rings (SSSR count). The summed E-state index contributed by atoms with van der Waals surface area (Å²) in [4.78, 5) is 107. The van der Waals surface area contributed by atoms with Gasteiger partial charge in [-0.2, -0.15) is 0 Å². The minimum absolute atomic E-state index is 0.00424. The van der Waals surface area contributed by atoms with E-state index < -0.39 is 96.7 Å². The fourth-order valence-corrected chi connectivity index (χ4v) is 6.75. The highest BCUT2D eigenvalue weighted by molar-refractivity contribution is 6.05. The number of primary amides is 1. The average molecular weight is 954 g/mol. The fourth-order valence-electron chi connectivity index (χ4n) is 6.75. The van der Waals surface area contributed by atoms with Crippen molar-refractivity contribution in [2.24, 2.45) is 11.7 Å². The Bertz CT molecular complexity index is 2350. The highest BCUT2D eigenvalue weighted by atomic mass is 16.4. The van der Waals surface area contributed by atoms with Gasteiger partial charge in [-0.15, -0.1) is 0 Å². The van der Waals surface area contributed by atoms with Crippen LogP contribution >= 0.6 is 0 Å². The molecule has 0 aliphatic rings. The maximum Gasteiger partial charge on any atom is 0.326 e. The van der Waals surface area contributed by atoms with E-state index in [-0.39, 0.29) is 30.2 Å². The molecule has 0 aliphatic carbocycles. The van der Waals surface area contributed by atoms with Gasteiger partial charge in [0.25, 0.3) is 11.8 Å². The summed E-state index contributed by atoms with van der Waals surface area (Å²) in [5.41, 5.74) is 7.27. The van der Waals surface area contributed by atoms with Crippen LogP contribution in [0.2, 0.25) is 0 Å². The summed E-state index contributed by atoms with van der Waals surface area (Å²) >= 11 is 0. The van der Waals surface area contributed by atoms with Crippen molar-refractivity contribution in [2.75, 3.05) is 13.7 Å². The van der Waals surface area contributed by atoms with Crippen LogP contribution in [0.1, 0.15) is 75.6 Å². The molecule has 0 radical (unpaired) electrons. The molecule has 0 aliphatic heterocycles. The number of carbonyl (C=O) groups is 8. The van der Waals surface area contributed by atoms with Gasteiger partial charge >= 0.3 is 5.97 Å². The number of allylic oxidation sites excluding steroid dienone is 1. The minimum atomic E-state index is -1.78. The molecule has 11 N–H and O–H groups in total. The molecule has 0 saturated heterocycles. The summed E-state index contributed by atoms with van der Waals surface area (Å²) in [6.07, 6.45) is 7.29. The summed E-state index contributed by atoms with van der Waals surface area (Å²) < 4.78 is 0. The number of aliphatic hydroxyl groups excluding tert-OH is 2. The van der Waals surface area contributed by atoms with Crippen molar-refractivity contribution >= 4 is 65.5 Å². The van der Waals surface area contributed by atoms with E-state index in [1.165, 1.54) is 43.5 Å². The number of aliphatic carboxylic acids is 1. The van der Waals surface area contributed by atoms with Gasteiger partial charge in [-0.25, -0.2) is 4.79 Å². The molecule has 6 unspecified atom stereocenters. The number of benzene rings is 3. The van der Waals surface area contributed by atoms with E-state index >= 15 is 0 Å². The third-order valence-electron chi connectivity index (χ3n) is 10.4. The molecule has 0 fully saturated rings. The lowest BCUT2D eigenvalue weighted by molar-refractivity contribution is -0.144. The van der Waals surface area contributed by atoms with E-state index in [1.807, 2.05) is 36.4 Å². The van der Waals surface area contributed by atoms with Crippen LogP contribution in [-0.2, 0) is 44.8 Å². The molecule has 3 aromatic carbocycles. The Morgan fingerprint density at radius 3 is 1.88 bits per heavy atom. The van der Waals surface area contributed by atoms with Crippen LogP contribution in [0.4, 0.5) is 0 Å². The fraction of sp³-hybridized carbons (Fsp3) is 0.360. The third kappa shape index (κ3) is 18.5. The van der Waals surface area contributed by atoms with Crippen molar-refractivity contribution < 1.29 is 58.8 Å². The number of hydrogen-bond donors (Lipinski definition) is 10. The molecular formula is C50H63N7O12. The third-order valence-corrected chi connectivity index (χ3v) is 10.4. The lowest BCUT2D eigenvalue weighted by Crippen LogP contribution is -2.61. The summed E-state index contributed by atoms with van der Waals surface area (Å²) in [7, 11) is 1.23. The van der Waals surface area contributed by atoms with Crippen molar-refractivity contribution in [3.8, 4) is 5.75 Å². The zero-order valence-electron chi connectivity index (χ0n) is 39.3. The number of nitrogens with zero attached hydrogens (tertiary/aromatic N) is 1. The number of unbranched alkanes of at least 4 members (excludes halogenated alkanes) is 1. The van der Waals surface area contributed by atoms with Crippen LogP contribution in [0.25, 0.3) is 18.2 Å². The molecular weight excluding hydrogens is 891 g/mol. The highest BCUT2D eigenvalue weighted by Crippen LogP contribution is 2.18. The van der Waals surface area contributed by atoms with Gasteiger partial charge in [-0.3, -0.25) is 33.6 Å². The smallest absolute Gasteiger partial charge is 0.326 e. The Balaban J connectivity index is 1.95. The second-order valence-electron chi connectivity index (χ2n) is 16.6. The summed E-state index contributed by atoms with van der Waals surface area (Å²) in [6, 6.07) is 13.4. The number of nitrogens with one attached hydrogen (secondary N) is 5. The number of carbonyl (C=O) groups excluding carboxylic acids is 7. The molecule has 19 nitrogen and oxygen atoms in total. The lowest BCUT2D eigenvalue weighted by Gasteiger charge is -2.29. The molecule has 0 heterocycles. The number of amides is 7. The number of nitrogens with two attached hydrogens (primary N) is 1. The normalized spacial score (nSPS) is 14.2. The van der Waals surface area contributed by atoms with Gasteiger partial charge in [0.1, 0.15) is 41.7 Å². The number of hydrogen-bond acceptors (Lipinski definition) is 11. The van der Waals surface area contributed by atoms with Gasteiger partial charge in [0.2, 0.25) is 29.5 Å². The molecule has 19 heteroatoms. The average Bonchev–Trinajstić information content (AvgIpc) is 3.30. The molecule has 6 atom stereocenters. The van der Waals surface area contributed by atoms with Gasteiger partial charge in [0.05, 0.1) is 19.1 Å². The number of phenols is 1. The molecule has 0 saturated carbocycles. The second kappa shape index (κ2) is 27.9. The van der Waals surface area contributed by atoms with E-state index in [0.29, 0.717) is 11.1 Å². The number of rotatable bonds is 26. The first-order valence-corrected chi connectivity index (χ1v) is 22.3.